The Morgan fingerprint density at radius 3 is 2.65 bits per heavy atom. The number of nitrogens with one attached hydrogen (secondary N) is 1. The summed E-state index contributed by atoms with van der Waals surface area (Å²) in [5.41, 5.74) is 2.22. The number of aromatic nitrogens is 2. The van der Waals surface area contributed by atoms with Crippen molar-refractivity contribution in [3.63, 3.8) is 0 Å². The highest BCUT2D eigenvalue weighted by atomic mass is 16.2. The predicted molar refractivity (Wildman–Crippen MR) is 81.9 cm³/mol. The van der Waals surface area contributed by atoms with Gasteiger partial charge >= 0.3 is 6.03 Å². The van der Waals surface area contributed by atoms with Crippen LogP contribution in [0.4, 0.5) is 4.79 Å². The van der Waals surface area contributed by atoms with Crippen LogP contribution in [-0.2, 0) is 6.54 Å². The van der Waals surface area contributed by atoms with Gasteiger partial charge in [-0.25, -0.2) is 4.79 Å². The van der Waals surface area contributed by atoms with Crippen molar-refractivity contribution in [2.24, 2.45) is 0 Å². The van der Waals surface area contributed by atoms with Gasteiger partial charge in [0.1, 0.15) is 0 Å². The average molecular weight is 280 g/mol. The van der Waals surface area contributed by atoms with Crippen molar-refractivity contribution in [3.8, 4) is 0 Å². The minimum atomic E-state index is 0.0503. The van der Waals surface area contributed by atoms with Crippen LogP contribution < -0.4 is 5.32 Å². The Morgan fingerprint density at radius 1 is 1.35 bits per heavy atom. The van der Waals surface area contributed by atoms with Gasteiger partial charge in [0.05, 0.1) is 5.69 Å². The Labute approximate surface area is 122 Å². The molecule has 1 aromatic rings. The van der Waals surface area contributed by atoms with Gasteiger partial charge in [-0.1, -0.05) is 13.3 Å². The van der Waals surface area contributed by atoms with E-state index in [0.29, 0.717) is 6.54 Å². The van der Waals surface area contributed by atoms with E-state index in [4.69, 9.17) is 0 Å². The number of rotatable bonds is 8. The fourth-order valence-corrected chi connectivity index (χ4v) is 2.19. The molecule has 0 saturated carbocycles. The molecule has 5 heteroatoms. The number of amides is 2. The van der Waals surface area contributed by atoms with Gasteiger partial charge in [0.2, 0.25) is 0 Å². The molecule has 0 aliphatic carbocycles. The predicted octanol–water partition coefficient (Wildman–Crippen LogP) is 2.72. The summed E-state index contributed by atoms with van der Waals surface area (Å²) < 4.78 is 2.00. The van der Waals surface area contributed by atoms with Crippen LogP contribution in [0.2, 0.25) is 0 Å². The fraction of sp³-hybridized carbons (Fsp3) is 0.733. The van der Waals surface area contributed by atoms with E-state index in [2.05, 4.69) is 30.3 Å². The molecule has 0 unspecified atom stereocenters. The molecule has 114 valence electrons. The second kappa shape index (κ2) is 8.61. The maximum Gasteiger partial charge on any atom is 0.317 e. The van der Waals surface area contributed by atoms with Crippen LogP contribution in [0.15, 0.2) is 6.07 Å². The summed E-state index contributed by atoms with van der Waals surface area (Å²) in [5.74, 6) is 0. The van der Waals surface area contributed by atoms with Crippen LogP contribution in [-0.4, -0.2) is 40.3 Å². The summed E-state index contributed by atoms with van der Waals surface area (Å²) in [7, 11) is 0. The summed E-state index contributed by atoms with van der Waals surface area (Å²) in [6.45, 7) is 11.4. The third-order valence-electron chi connectivity index (χ3n) is 3.38. The SMILES string of the molecule is CCCCN(CC)C(=O)NCCCn1nc(C)cc1C. The van der Waals surface area contributed by atoms with Crippen LogP contribution in [0.3, 0.4) is 0 Å². The molecule has 0 radical (unpaired) electrons. The highest BCUT2D eigenvalue weighted by Gasteiger charge is 2.09. The average Bonchev–Trinajstić information content (AvgIpc) is 2.74. The lowest BCUT2D eigenvalue weighted by atomic mass is 10.3. The molecule has 20 heavy (non-hydrogen) atoms. The zero-order chi connectivity index (χ0) is 15.0. The molecule has 0 saturated heterocycles. The first kappa shape index (κ1) is 16.5. The molecule has 0 bridgehead atoms. The van der Waals surface area contributed by atoms with Gasteiger partial charge in [-0.15, -0.1) is 0 Å². The summed E-state index contributed by atoms with van der Waals surface area (Å²) >= 11 is 0. The molecule has 1 rings (SSSR count). The summed E-state index contributed by atoms with van der Waals surface area (Å²) in [4.78, 5) is 13.8. The standard InChI is InChI=1S/C15H28N4O/c1-5-7-10-18(6-2)15(20)16-9-8-11-19-14(4)12-13(3)17-19/h12H,5-11H2,1-4H3,(H,16,20). The van der Waals surface area contributed by atoms with E-state index in [-0.39, 0.29) is 6.03 Å². The lowest BCUT2D eigenvalue weighted by Crippen LogP contribution is -2.40. The van der Waals surface area contributed by atoms with E-state index < -0.39 is 0 Å². The Hall–Kier alpha value is -1.52. The van der Waals surface area contributed by atoms with E-state index >= 15 is 0 Å². The quantitative estimate of drug-likeness (QED) is 0.744. The first-order valence-electron chi connectivity index (χ1n) is 7.62. The van der Waals surface area contributed by atoms with Crippen molar-refractivity contribution in [1.29, 1.82) is 0 Å². The van der Waals surface area contributed by atoms with Crippen LogP contribution in [0.5, 0.6) is 0 Å². The smallest absolute Gasteiger partial charge is 0.317 e. The molecule has 1 heterocycles. The molecule has 0 spiro atoms. The number of urea groups is 1. The highest BCUT2D eigenvalue weighted by Crippen LogP contribution is 2.02. The number of hydrogen-bond donors (Lipinski definition) is 1. The third-order valence-corrected chi connectivity index (χ3v) is 3.38. The van der Waals surface area contributed by atoms with E-state index in [9.17, 15) is 4.79 Å². The molecular formula is C15H28N4O. The summed E-state index contributed by atoms with van der Waals surface area (Å²) in [6.07, 6.45) is 3.08. The molecule has 0 fully saturated rings. The molecule has 1 aromatic heterocycles. The van der Waals surface area contributed by atoms with Crippen LogP contribution in [0.1, 0.15) is 44.5 Å². The van der Waals surface area contributed by atoms with E-state index in [1.165, 1.54) is 5.69 Å². The molecule has 0 aliphatic heterocycles. The molecule has 2 amide bonds. The Balaban J connectivity index is 2.26. The monoisotopic (exact) mass is 280 g/mol. The van der Waals surface area contributed by atoms with Crippen LogP contribution >= 0.6 is 0 Å². The first-order chi connectivity index (χ1) is 9.58. The van der Waals surface area contributed by atoms with Gasteiger partial charge in [0, 0.05) is 31.9 Å². The number of hydrogen-bond acceptors (Lipinski definition) is 2. The number of aryl methyl sites for hydroxylation is 3. The molecule has 0 aromatic carbocycles. The number of unbranched alkanes of at least 4 members (excludes halogenated alkanes) is 1. The van der Waals surface area contributed by atoms with E-state index in [0.717, 1.165) is 44.6 Å². The number of carbonyl (C=O) groups excluding carboxylic acids is 1. The van der Waals surface area contributed by atoms with Gasteiger partial charge in [0.25, 0.3) is 0 Å². The Kier molecular flexibility index (Phi) is 7.12. The zero-order valence-corrected chi connectivity index (χ0v) is 13.3. The Morgan fingerprint density at radius 2 is 2.10 bits per heavy atom. The molecule has 0 aliphatic rings. The lowest BCUT2D eigenvalue weighted by Gasteiger charge is -2.21. The normalized spacial score (nSPS) is 10.6. The van der Waals surface area contributed by atoms with Crippen LogP contribution in [0, 0.1) is 13.8 Å². The van der Waals surface area contributed by atoms with Crippen molar-refractivity contribution in [1.82, 2.24) is 20.0 Å². The largest absolute Gasteiger partial charge is 0.338 e. The second-order valence-electron chi connectivity index (χ2n) is 5.17. The van der Waals surface area contributed by atoms with Crippen molar-refractivity contribution in [2.75, 3.05) is 19.6 Å². The summed E-state index contributed by atoms with van der Waals surface area (Å²) in [6, 6.07) is 2.12. The lowest BCUT2D eigenvalue weighted by molar-refractivity contribution is 0.199. The van der Waals surface area contributed by atoms with Crippen LogP contribution in [0.25, 0.3) is 0 Å². The minimum Gasteiger partial charge on any atom is -0.338 e. The van der Waals surface area contributed by atoms with E-state index in [1.54, 1.807) is 0 Å². The topological polar surface area (TPSA) is 50.2 Å². The minimum absolute atomic E-state index is 0.0503. The molecule has 0 atom stereocenters. The maximum absolute atomic E-state index is 12.0. The van der Waals surface area contributed by atoms with Gasteiger partial charge < -0.3 is 10.2 Å². The van der Waals surface area contributed by atoms with Gasteiger partial charge in [-0.2, -0.15) is 5.10 Å². The van der Waals surface area contributed by atoms with Gasteiger partial charge in [0.15, 0.2) is 0 Å². The molecule has 5 nitrogen and oxygen atoms in total. The van der Waals surface area contributed by atoms with Crippen molar-refractivity contribution < 1.29 is 4.79 Å². The molecule has 1 N–H and O–H groups in total. The number of carbonyl (C=O) groups is 1. The maximum atomic E-state index is 12.0. The Bertz CT molecular complexity index is 414. The van der Waals surface area contributed by atoms with Gasteiger partial charge in [-0.3, -0.25) is 4.68 Å². The summed E-state index contributed by atoms with van der Waals surface area (Å²) in [5, 5.41) is 7.40. The van der Waals surface area contributed by atoms with E-state index in [1.807, 2.05) is 23.4 Å². The van der Waals surface area contributed by atoms with Gasteiger partial charge in [-0.05, 0) is 39.7 Å². The molecular weight excluding hydrogens is 252 g/mol. The number of nitrogens with zero attached hydrogens (tertiary/aromatic N) is 3. The zero-order valence-electron chi connectivity index (χ0n) is 13.3. The highest BCUT2D eigenvalue weighted by molar-refractivity contribution is 5.74. The second-order valence-corrected chi connectivity index (χ2v) is 5.17. The van der Waals surface area contributed by atoms with Crippen molar-refractivity contribution >= 4 is 6.03 Å². The fourth-order valence-electron chi connectivity index (χ4n) is 2.19. The first-order valence-corrected chi connectivity index (χ1v) is 7.62. The van der Waals surface area contributed by atoms with Crippen molar-refractivity contribution in [2.45, 2.75) is 53.5 Å². The third kappa shape index (κ3) is 5.23. The van der Waals surface area contributed by atoms with Crippen molar-refractivity contribution in [3.05, 3.63) is 17.5 Å².